The van der Waals surface area contributed by atoms with E-state index in [1.807, 2.05) is 0 Å². The lowest BCUT2D eigenvalue weighted by Crippen LogP contribution is -2.33. The molecule has 0 fully saturated rings. The van der Waals surface area contributed by atoms with E-state index in [0.717, 1.165) is 0 Å². The van der Waals surface area contributed by atoms with Gasteiger partial charge in [0.2, 0.25) is 0 Å². The van der Waals surface area contributed by atoms with Gasteiger partial charge in [0.15, 0.2) is 23.1 Å². The van der Waals surface area contributed by atoms with Crippen LogP contribution in [0.2, 0.25) is 0 Å². The van der Waals surface area contributed by atoms with Gasteiger partial charge in [-0.25, -0.2) is 18.4 Å². The number of anilines is 2. The Bertz CT molecular complexity index is 1030. The van der Waals surface area contributed by atoms with Crippen molar-refractivity contribution in [1.29, 1.82) is 0 Å². The van der Waals surface area contributed by atoms with Gasteiger partial charge in [-0.15, -0.1) is 0 Å². The van der Waals surface area contributed by atoms with Gasteiger partial charge in [0.1, 0.15) is 13.2 Å². The number of nitrogens with one attached hydrogen (secondary N) is 4. The summed E-state index contributed by atoms with van der Waals surface area (Å²) in [4.78, 5) is 24.1. The molecule has 0 saturated heterocycles. The maximum atomic E-state index is 13.5. The minimum absolute atomic E-state index is 0.0940. The second-order valence-corrected chi connectivity index (χ2v) is 6.90. The molecule has 0 heterocycles. The molecule has 0 aliphatic rings. The van der Waals surface area contributed by atoms with Crippen molar-refractivity contribution in [2.45, 2.75) is 0 Å². The zero-order chi connectivity index (χ0) is 24.2. The van der Waals surface area contributed by atoms with Gasteiger partial charge in [0, 0.05) is 11.4 Å². The molecule has 0 saturated carbocycles. The Morgan fingerprint density at radius 1 is 0.647 bits per heavy atom. The summed E-state index contributed by atoms with van der Waals surface area (Å²) in [6, 6.07) is 17.6. The van der Waals surface area contributed by atoms with Gasteiger partial charge in [0.05, 0.1) is 13.1 Å². The van der Waals surface area contributed by atoms with E-state index in [1.165, 1.54) is 24.3 Å². The van der Waals surface area contributed by atoms with Crippen LogP contribution in [-0.4, -0.2) is 38.4 Å². The highest BCUT2D eigenvalue weighted by atomic mass is 19.1. The van der Waals surface area contributed by atoms with E-state index in [-0.39, 0.29) is 37.8 Å². The summed E-state index contributed by atoms with van der Waals surface area (Å²) >= 11 is 0. The first-order valence-electron chi connectivity index (χ1n) is 10.5. The van der Waals surface area contributed by atoms with E-state index in [1.54, 1.807) is 48.5 Å². The number of urea groups is 2. The van der Waals surface area contributed by atoms with Crippen molar-refractivity contribution in [3.63, 3.8) is 0 Å². The molecule has 0 bridgehead atoms. The van der Waals surface area contributed by atoms with Gasteiger partial charge in [-0.3, -0.25) is 0 Å². The molecule has 3 aromatic rings. The van der Waals surface area contributed by atoms with E-state index in [2.05, 4.69) is 21.3 Å². The fourth-order valence-electron chi connectivity index (χ4n) is 2.80. The molecule has 4 amide bonds. The molecule has 0 radical (unpaired) electrons. The van der Waals surface area contributed by atoms with Gasteiger partial charge < -0.3 is 30.7 Å². The zero-order valence-electron chi connectivity index (χ0n) is 18.1. The summed E-state index contributed by atoms with van der Waals surface area (Å²) < 4.78 is 37.5. The number of para-hydroxylation sites is 2. The molecule has 0 aliphatic heterocycles. The monoisotopic (exact) mass is 470 g/mol. The Morgan fingerprint density at radius 3 is 1.53 bits per heavy atom. The van der Waals surface area contributed by atoms with Gasteiger partial charge in [-0.2, -0.15) is 0 Å². The van der Waals surface area contributed by atoms with E-state index < -0.39 is 23.7 Å². The molecule has 3 aromatic carbocycles. The van der Waals surface area contributed by atoms with Crippen LogP contribution in [0.5, 0.6) is 11.5 Å². The van der Waals surface area contributed by atoms with E-state index in [4.69, 9.17) is 9.47 Å². The first kappa shape index (κ1) is 24.3. The van der Waals surface area contributed by atoms with Crippen LogP contribution in [0.1, 0.15) is 0 Å². The molecule has 8 nitrogen and oxygen atoms in total. The Labute approximate surface area is 195 Å². The summed E-state index contributed by atoms with van der Waals surface area (Å²) in [6.45, 7) is 0.512. The van der Waals surface area contributed by atoms with Crippen LogP contribution >= 0.6 is 0 Å². The van der Waals surface area contributed by atoms with Crippen molar-refractivity contribution in [1.82, 2.24) is 10.6 Å². The largest absolute Gasteiger partial charge is 0.489 e. The Hall–Kier alpha value is -4.34. The standard InChI is InChI=1S/C24H24F2N4O4/c25-19-8-1-3-10-21(19)33-14-12-27-23(31)29-17-6-5-7-18(16-17)30-24(32)28-13-15-34-22-11-4-2-9-20(22)26/h1-11,16H,12-15H2,(H2,27,29,31)(H2,28,30,32). The average molecular weight is 470 g/mol. The number of carbonyl (C=O) groups is 2. The highest BCUT2D eigenvalue weighted by molar-refractivity contribution is 5.92. The van der Waals surface area contributed by atoms with E-state index in [9.17, 15) is 18.4 Å². The minimum Gasteiger partial charge on any atom is -0.489 e. The highest BCUT2D eigenvalue weighted by Gasteiger charge is 2.06. The molecular formula is C24H24F2N4O4. The molecule has 178 valence electrons. The van der Waals surface area contributed by atoms with Crippen molar-refractivity contribution in [2.75, 3.05) is 36.9 Å². The number of carbonyl (C=O) groups excluding carboxylic acids is 2. The first-order valence-corrected chi connectivity index (χ1v) is 10.5. The molecule has 3 rings (SSSR count). The number of halogens is 2. The van der Waals surface area contributed by atoms with Crippen molar-refractivity contribution < 1.29 is 27.8 Å². The third-order valence-corrected chi connectivity index (χ3v) is 4.34. The van der Waals surface area contributed by atoms with E-state index >= 15 is 0 Å². The minimum atomic E-state index is -0.482. The Balaban J connectivity index is 1.35. The molecule has 10 heteroatoms. The van der Waals surface area contributed by atoms with Crippen molar-refractivity contribution in [3.8, 4) is 11.5 Å². The Kier molecular flexibility index (Phi) is 9.03. The number of hydrogen-bond donors (Lipinski definition) is 4. The topological polar surface area (TPSA) is 101 Å². The third-order valence-electron chi connectivity index (χ3n) is 4.34. The molecule has 0 atom stereocenters. The lowest BCUT2D eigenvalue weighted by Gasteiger charge is -2.12. The molecule has 4 N–H and O–H groups in total. The quantitative estimate of drug-likeness (QED) is 0.331. The maximum Gasteiger partial charge on any atom is 0.319 e. The average Bonchev–Trinajstić information content (AvgIpc) is 2.82. The normalized spacial score (nSPS) is 10.2. The smallest absolute Gasteiger partial charge is 0.319 e. The van der Waals surface area contributed by atoms with Crippen LogP contribution in [0.4, 0.5) is 29.7 Å². The predicted molar refractivity (Wildman–Crippen MR) is 124 cm³/mol. The van der Waals surface area contributed by atoms with Crippen molar-refractivity contribution in [2.24, 2.45) is 0 Å². The lowest BCUT2D eigenvalue weighted by molar-refractivity contribution is 0.246. The highest BCUT2D eigenvalue weighted by Crippen LogP contribution is 2.16. The summed E-state index contributed by atoms with van der Waals surface area (Å²) in [5.41, 5.74) is 0.904. The molecule has 0 aliphatic carbocycles. The maximum absolute atomic E-state index is 13.5. The molecular weight excluding hydrogens is 446 g/mol. The van der Waals surface area contributed by atoms with Crippen LogP contribution in [0.15, 0.2) is 72.8 Å². The van der Waals surface area contributed by atoms with Crippen LogP contribution in [-0.2, 0) is 0 Å². The lowest BCUT2D eigenvalue weighted by atomic mass is 10.3. The fourth-order valence-corrected chi connectivity index (χ4v) is 2.80. The van der Waals surface area contributed by atoms with Gasteiger partial charge >= 0.3 is 12.1 Å². The van der Waals surface area contributed by atoms with Gasteiger partial charge in [-0.1, -0.05) is 30.3 Å². The molecule has 0 aromatic heterocycles. The molecule has 34 heavy (non-hydrogen) atoms. The number of amides is 4. The third kappa shape index (κ3) is 7.97. The summed E-state index contributed by atoms with van der Waals surface area (Å²) in [7, 11) is 0. The summed E-state index contributed by atoms with van der Waals surface area (Å²) in [5.74, 6) is -0.725. The van der Waals surface area contributed by atoms with Gasteiger partial charge in [0.25, 0.3) is 0 Å². The van der Waals surface area contributed by atoms with Crippen LogP contribution in [0, 0.1) is 11.6 Å². The molecule has 0 unspecified atom stereocenters. The number of benzene rings is 3. The van der Waals surface area contributed by atoms with Crippen molar-refractivity contribution in [3.05, 3.63) is 84.4 Å². The summed E-state index contributed by atoms with van der Waals surface area (Å²) in [6.07, 6.45) is 0. The van der Waals surface area contributed by atoms with Crippen LogP contribution in [0.25, 0.3) is 0 Å². The second-order valence-electron chi connectivity index (χ2n) is 6.90. The number of rotatable bonds is 10. The first-order chi connectivity index (χ1) is 16.5. The van der Waals surface area contributed by atoms with Crippen LogP contribution < -0.4 is 30.7 Å². The number of hydrogen-bond acceptors (Lipinski definition) is 4. The second kappa shape index (κ2) is 12.6. The van der Waals surface area contributed by atoms with Crippen LogP contribution in [0.3, 0.4) is 0 Å². The molecule has 0 spiro atoms. The number of ether oxygens (including phenoxy) is 2. The van der Waals surface area contributed by atoms with Crippen molar-refractivity contribution >= 4 is 23.4 Å². The Morgan fingerprint density at radius 2 is 1.09 bits per heavy atom. The predicted octanol–water partition coefficient (Wildman–Crippen LogP) is 4.37. The SMILES string of the molecule is O=C(NCCOc1ccccc1F)Nc1cccc(NC(=O)NCCOc2ccccc2F)c1. The van der Waals surface area contributed by atoms with Gasteiger partial charge in [-0.05, 0) is 42.5 Å². The zero-order valence-corrected chi connectivity index (χ0v) is 18.1. The van der Waals surface area contributed by atoms with E-state index in [0.29, 0.717) is 11.4 Å². The summed E-state index contributed by atoms with van der Waals surface area (Å²) in [5, 5.41) is 10.5. The fraction of sp³-hybridized carbons (Fsp3) is 0.167.